The number of methoxy groups -OCH3 is 1. The molecule has 1 amide bonds. The van der Waals surface area contributed by atoms with Crippen LogP contribution in [0.25, 0.3) is 0 Å². The number of nitrogens with one attached hydrogen (secondary N) is 1. The second kappa shape index (κ2) is 6.56. The maximum absolute atomic E-state index is 10.9. The quantitative estimate of drug-likeness (QED) is 0.847. The molecule has 2 aromatic rings. The third-order valence-corrected chi connectivity index (χ3v) is 2.75. The summed E-state index contributed by atoms with van der Waals surface area (Å²) in [5.41, 5.74) is 2.31. The van der Waals surface area contributed by atoms with E-state index in [9.17, 15) is 9.90 Å². The summed E-state index contributed by atoms with van der Waals surface area (Å²) in [6.07, 6.45) is 1.68. The summed E-state index contributed by atoms with van der Waals surface area (Å²) >= 11 is 0. The molecule has 2 aromatic carbocycles. The highest BCUT2D eigenvalue weighted by Crippen LogP contribution is 2.26. The first-order chi connectivity index (χ1) is 10.1. The Hall–Kier alpha value is -2.82. The molecule has 21 heavy (non-hydrogen) atoms. The number of carbonyl (C=O) groups excluding carboxylic acids is 1. The molecule has 0 bridgehead atoms. The van der Waals surface area contributed by atoms with E-state index in [1.807, 2.05) is 0 Å². The zero-order valence-corrected chi connectivity index (χ0v) is 11.8. The van der Waals surface area contributed by atoms with E-state index in [4.69, 9.17) is 4.74 Å². The van der Waals surface area contributed by atoms with Gasteiger partial charge in [0.15, 0.2) is 11.5 Å². The number of amides is 1. The number of ether oxygens (including phenoxy) is 1. The Morgan fingerprint density at radius 3 is 2.57 bits per heavy atom. The van der Waals surface area contributed by atoms with Crippen molar-refractivity contribution in [2.45, 2.75) is 6.92 Å². The third-order valence-electron chi connectivity index (χ3n) is 2.75. The Labute approximate surface area is 122 Å². The van der Waals surface area contributed by atoms with E-state index in [0.29, 0.717) is 5.75 Å². The smallest absolute Gasteiger partial charge is 0.221 e. The molecule has 0 saturated heterocycles. The van der Waals surface area contributed by atoms with Crippen molar-refractivity contribution >= 4 is 23.5 Å². The molecule has 0 heterocycles. The zero-order valence-electron chi connectivity index (χ0n) is 11.8. The number of hydrogen-bond donors (Lipinski definition) is 2. The highest BCUT2D eigenvalue weighted by Gasteiger charge is 2.01. The monoisotopic (exact) mass is 284 g/mol. The van der Waals surface area contributed by atoms with Crippen molar-refractivity contribution in [2.24, 2.45) is 4.99 Å². The van der Waals surface area contributed by atoms with Gasteiger partial charge in [-0.25, -0.2) is 0 Å². The Balaban J connectivity index is 2.12. The van der Waals surface area contributed by atoms with Gasteiger partial charge in [-0.2, -0.15) is 0 Å². The summed E-state index contributed by atoms with van der Waals surface area (Å²) in [4.78, 5) is 15.3. The van der Waals surface area contributed by atoms with Crippen LogP contribution < -0.4 is 10.1 Å². The van der Waals surface area contributed by atoms with Gasteiger partial charge in [-0.05, 0) is 48.0 Å². The molecular weight excluding hydrogens is 268 g/mol. The van der Waals surface area contributed by atoms with Crippen LogP contribution in [-0.2, 0) is 4.79 Å². The van der Waals surface area contributed by atoms with Gasteiger partial charge in [0.1, 0.15) is 0 Å². The maximum Gasteiger partial charge on any atom is 0.221 e. The zero-order chi connectivity index (χ0) is 15.2. The van der Waals surface area contributed by atoms with Crippen molar-refractivity contribution < 1.29 is 14.6 Å². The molecule has 0 aliphatic carbocycles. The number of hydrogen-bond acceptors (Lipinski definition) is 4. The topological polar surface area (TPSA) is 70.9 Å². The fourth-order valence-corrected chi connectivity index (χ4v) is 1.76. The lowest BCUT2D eigenvalue weighted by molar-refractivity contribution is -0.114. The summed E-state index contributed by atoms with van der Waals surface area (Å²) < 4.78 is 5.04. The molecule has 5 heteroatoms. The number of anilines is 1. The Morgan fingerprint density at radius 1 is 1.24 bits per heavy atom. The SMILES string of the molecule is COc1cc(C=Nc2ccc(NC(C)=O)cc2)ccc1O. The van der Waals surface area contributed by atoms with E-state index in [0.717, 1.165) is 16.9 Å². The molecule has 0 radical (unpaired) electrons. The first-order valence-corrected chi connectivity index (χ1v) is 6.37. The van der Waals surface area contributed by atoms with Gasteiger partial charge in [0.05, 0.1) is 12.8 Å². The van der Waals surface area contributed by atoms with Crippen molar-refractivity contribution in [1.29, 1.82) is 0 Å². The van der Waals surface area contributed by atoms with Crippen LogP contribution in [0.4, 0.5) is 11.4 Å². The average molecular weight is 284 g/mol. The van der Waals surface area contributed by atoms with Crippen molar-refractivity contribution in [3.05, 3.63) is 48.0 Å². The van der Waals surface area contributed by atoms with Gasteiger partial charge >= 0.3 is 0 Å². The lowest BCUT2D eigenvalue weighted by Crippen LogP contribution is -2.04. The van der Waals surface area contributed by atoms with E-state index >= 15 is 0 Å². The lowest BCUT2D eigenvalue weighted by Gasteiger charge is -2.04. The molecule has 5 nitrogen and oxygen atoms in total. The van der Waals surface area contributed by atoms with Crippen LogP contribution in [0.1, 0.15) is 12.5 Å². The molecule has 2 N–H and O–H groups in total. The number of carbonyl (C=O) groups is 1. The van der Waals surface area contributed by atoms with Crippen LogP contribution in [0, 0.1) is 0 Å². The molecule has 0 aliphatic rings. The summed E-state index contributed by atoms with van der Waals surface area (Å²) in [6, 6.07) is 12.2. The van der Waals surface area contributed by atoms with Gasteiger partial charge in [-0.3, -0.25) is 9.79 Å². The molecule has 0 atom stereocenters. The molecular formula is C16H16N2O3. The molecule has 108 valence electrons. The van der Waals surface area contributed by atoms with E-state index in [2.05, 4.69) is 10.3 Å². The maximum atomic E-state index is 10.9. The van der Waals surface area contributed by atoms with Crippen molar-refractivity contribution in [3.8, 4) is 11.5 Å². The summed E-state index contributed by atoms with van der Waals surface area (Å²) in [6.45, 7) is 1.46. The Morgan fingerprint density at radius 2 is 1.95 bits per heavy atom. The van der Waals surface area contributed by atoms with Crippen molar-refractivity contribution in [1.82, 2.24) is 0 Å². The van der Waals surface area contributed by atoms with Crippen molar-refractivity contribution in [3.63, 3.8) is 0 Å². The molecule has 0 saturated carbocycles. The highest BCUT2D eigenvalue weighted by molar-refractivity contribution is 5.89. The first kappa shape index (κ1) is 14.6. The van der Waals surface area contributed by atoms with Gasteiger partial charge in [0.25, 0.3) is 0 Å². The van der Waals surface area contributed by atoms with E-state index in [1.165, 1.54) is 14.0 Å². The van der Waals surface area contributed by atoms with Gasteiger partial charge < -0.3 is 15.2 Å². The van der Waals surface area contributed by atoms with E-state index < -0.39 is 0 Å². The number of aliphatic imine (C=N–C) groups is 1. The largest absolute Gasteiger partial charge is 0.504 e. The van der Waals surface area contributed by atoms with Crippen LogP contribution in [0.5, 0.6) is 11.5 Å². The minimum Gasteiger partial charge on any atom is -0.504 e. The van der Waals surface area contributed by atoms with Crippen LogP contribution in [0.3, 0.4) is 0 Å². The van der Waals surface area contributed by atoms with Gasteiger partial charge in [-0.1, -0.05) is 0 Å². The van der Waals surface area contributed by atoms with Gasteiger partial charge in [0, 0.05) is 18.8 Å². The number of nitrogens with zero attached hydrogens (tertiary/aromatic N) is 1. The van der Waals surface area contributed by atoms with Crippen LogP contribution in [0.2, 0.25) is 0 Å². The lowest BCUT2D eigenvalue weighted by atomic mass is 10.2. The number of benzene rings is 2. The van der Waals surface area contributed by atoms with Gasteiger partial charge in [-0.15, -0.1) is 0 Å². The fourth-order valence-electron chi connectivity index (χ4n) is 1.76. The van der Waals surface area contributed by atoms with Crippen LogP contribution >= 0.6 is 0 Å². The van der Waals surface area contributed by atoms with E-state index in [-0.39, 0.29) is 11.7 Å². The molecule has 0 aromatic heterocycles. The minimum atomic E-state index is -0.109. The molecule has 0 aliphatic heterocycles. The summed E-state index contributed by atoms with van der Waals surface area (Å²) in [7, 11) is 1.50. The van der Waals surface area contributed by atoms with E-state index in [1.54, 1.807) is 48.7 Å². The normalized spacial score (nSPS) is 10.6. The minimum absolute atomic E-state index is 0.0920. The fraction of sp³-hybridized carbons (Fsp3) is 0.125. The number of phenols is 1. The molecule has 0 fully saturated rings. The molecule has 0 unspecified atom stereocenters. The molecule has 2 rings (SSSR count). The number of phenolic OH excluding ortho intramolecular Hbond substituents is 1. The summed E-state index contributed by atoms with van der Waals surface area (Å²) in [5.74, 6) is 0.386. The second-order valence-electron chi connectivity index (χ2n) is 4.42. The van der Waals surface area contributed by atoms with Gasteiger partial charge in [0.2, 0.25) is 5.91 Å². The average Bonchev–Trinajstić information content (AvgIpc) is 2.47. The third kappa shape index (κ3) is 4.07. The standard InChI is InChI=1S/C16H16N2O3/c1-11(19)18-14-6-4-13(5-7-14)17-10-12-3-8-15(20)16(9-12)21-2/h3-10,20H,1-2H3,(H,18,19). The predicted molar refractivity (Wildman–Crippen MR) is 82.7 cm³/mol. The first-order valence-electron chi connectivity index (χ1n) is 6.37. The predicted octanol–water partition coefficient (Wildman–Crippen LogP) is 3.11. The second-order valence-corrected chi connectivity index (χ2v) is 4.42. The van der Waals surface area contributed by atoms with Crippen LogP contribution in [0.15, 0.2) is 47.5 Å². The Kier molecular flexibility index (Phi) is 4.56. The summed E-state index contributed by atoms with van der Waals surface area (Å²) in [5, 5.41) is 12.2. The highest BCUT2D eigenvalue weighted by atomic mass is 16.5. The Bertz CT molecular complexity index is 664. The number of rotatable bonds is 4. The number of aromatic hydroxyl groups is 1. The van der Waals surface area contributed by atoms with Crippen LogP contribution in [-0.4, -0.2) is 24.3 Å². The van der Waals surface area contributed by atoms with Crippen molar-refractivity contribution in [2.75, 3.05) is 12.4 Å². The molecule has 0 spiro atoms.